The molecule has 2 aromatic heterocycles. The van der Waals surface area contributed by atoms with E-state index in [-0.39, 0.29) is 5.82 Å². The number of aromatic nitrogens is 2. The Labute approximate surface area is 128 Å². The highest BCUT2D eigenvalue weighted by Gasteiger charge is 2.11. The van der Waals surface area contributed by atoms with Gasteiger partial charge in [-0.1, -0.05) is 0 Å². The summed E-state index contributed by atoms with van der Waals surface area (Å²) in [5.74, 6) is 1.11. The summed E-state index contributed by atoms with van der Waals surface area (Å²) >= 11 is 4.76. The van der Waals surface area contributed by atoms with Gasteiger partial charge in [-0.15, -0.1) is 11.3 Å². The monoisotopic (exact) mass is 351 g/mol. The lowest BCUT2D eigenvalue weighted by molar-refractivity contribution is 0.621. The molecule has 3 nitrogen and oxygen atoms in total. The van der Waals surface area contributed by atoms with E-state index in [9.17, 15) is 4.39 Å². The maximum atomic E-state index is 13.3. The van der Waals surface area contributed by atoms with E-state index in [0.717, 1.165) is 28.1 Å². The Hall–Kier alpha value is -1.53. The van der Waals surface area contributed by atoms with Crippen molar-refractivity contribution in [2.45, 2.75) is 6.92 Å². The topological polar surface area (TPSA) is 37.8 Å². The zero-order valence-corrected chi connectivity index (χ0v) is 13.1. The molecule has 0 amide bonds. The number of rotatable bonds is 3. The number of hydrogen-bond acceptors (Lipinski definition) is 4. The first-order valence-corrected chi connectivity index (χ1v) is 7.81. The van der Waals surface area contributed by atoms with Crippen molar-refractivity contribution in [1.29, 1.82) is 0 Å². The van der Waals surface area contributed by atoms with Crippen molar-refractivity contribution < 1.29 is 4.39 Å². The van der Waals surface area contributed by atoms with E-state index in [0.29, 0.717) is 10.3 Å². The molecular weight excluding hydrogens is 341 g/mol. The second-order valence-corrected chi connectivity index (χ2v) is 5.94. The van der Waals surface area contributed by atoms with Crippen molar-refractivity contribution in [2.75, 3.05) is 11.9 Å². The largest absolute Gasteiger partial charge is 0.370 e. The second-order valence-electron chi connectivity index (χ2n) is 4.19. The first kappa shape index (κ1) is 13.5. The van der Waals surface area contributed by atoms with Crippen molar-refractivity contribution in [3.05, 3.63) is 39.9 Å². The van der Waals surface area contributed by atoms with Crippen molar-refractivity contribution in [2.24, 2.45) is 0 Å². The van der Waals surface area contributed by atoms with Crippen molar-refractivity contribution in [3.8, 4) is 11.4 Å². The Morgan fingerprint density at radius 2 is 2.15 bits per heavy atom. The third kappa shape index (κ3) is 2.41. The molecule has 0 saturated heterocycles. The molecule has 3 aromatic rings. The molecule has 102 valence electrons. The van der Waals surface area contributed by atoms with Crippen LogP contribution in [0.15, 0.2) is 34.1 Å². The number of halogens is 2. The molecule has 0 radical (unpaired) electrons. The molecule has 0 saturated carbocycles. The molecule has 2 heterocycles. The van der Waals surface area contributed by atoms with Crippen LogP contribution < -0.4 is 5.32 Å². The molecule has 0 aliphatic heterocycles. The van der Waals surface area contributed by atoms with Gasteiger partial charge in [-0.25, -0.2) is 14.4 Å². The molecule has 3 rings (SSSR count). The van der Waals surface area contributed by atoms with Gasteiger partial charge in [-0.05, 0) is 52.5 Å². The summed E-state index contributed by atoms with van der Waals surface area (Å²) in [6.45, 7) is 2.81. The quantitative estimate of drug-likeness (QED) is 0.743. The lowest BCUT2D eigenvalue weighted by Crippen LogP contribution is -2.02. The molecule has 0 aliphatic carbocycles. The zero-order valence-electron chi connectivity index (χ0n) is 10.7. The van der Waals surface area contributed by atoms with Crippen LogP contribution in [-0.2, 0) is 0 Å². The number of fused-ring (bicyclic) bond motifs is 1. The van der Waals surface area contributed by atoms with Gasteiger partial charge in [0.25, 0.3) is 0 Å². The molecule has 1 N–H and O–H groups in total. The number of thiophene rings is 1. The number of nitrogens with one attached hydrogen (secondary N) is 1. The minimum absolute atomic E-state index is 0.294. The van der Waals surface area contributed by atoms with Crippen LogP contribution >= 0.6 is 27.3 Å². The average molecular weight is 352 g/mol. The van der Waals surface area contributed by atoms with Crippen LogP contribution in [0.2, 0.25) is 0 Å². The molecule has 0 aliphatic rings. The van der Waals surface area contributed by atoms with E-state index in [1.54, 1.807) is 23.5 Å². The summed E-state index contributed by atoms with van der Waals surface area (Å²) in [5, 5.41) is 6.25. The Kier molecular flexibility index (Phi) is 3.67. The lowest BCUT2D eigenvalue weighted by atomic mass is 10.2. The minimum Gasteiger partial charge on any atom is -0.370 e. The van der Waals surface area contributed by atoms with E-state index in [2.05, 4.69) is 31.2 Å². The van der Waals surface area contributed by atoms with Crippen LogP contribution in [0.25, 0.3) is 21.6 Å². The Morgan fingerprint density at radius 1 is 1.30 bits per heavy atom. The zero-order chi connectivity index (χ0) is 14.1. The molecule has 0 spiro atoms. The molecular formula is C14H11BrFN3S. The smallest absolute Gasteiger partial charge is 0.163 e. The van der Waals surface area contributed by atoms with Crippen LogP contribution in [0.4, 0.5) is 10.2 Å². The van der Waals surface area contributed by atoms with Gasteiger partial charge in [0, 0.05) is 12.1 Å². The van der Waals surface area contributed by atoms with E-state index >= 15 is 0 Å². The van der Waals surface area contributed by atoms with E-state index < -0.39 is 0 Å². The maximum Gasteiger partial charge on any atom is 0.163 e. The van der Waals surface area contributed by atoms with Crippen LogP contribution in [0.1, 0.15) is 6.92 Å². The average Bonchev–Trinajstić information content (AvgIpc) is 2.90. The van der Waals surface area contributed by atoms with Gasteiger partial charge in [0.2, 0.25) is 0 Å². The maximum absolute atomic E-state index is 13.3. The van der Waals surface area contributed by atoms with Gasteiger partial charge in [-0.2, -0.15) is 0 Å². The third-order valence-electron chi connectivity index (χ3n) is 2.85. The summed E-state index contributed by atoms with van der Waals surface area (Å²) < 4.78 is 13.7. The second kappa shape index (κ2) is 5.46. The Balaban J connectivity index is 2.17. The van der Waals surface area contributed by atoms with E-state index in [1.807, 2.05) is 18.4 Å². The summed E-state index contributed by atoms with van der Waals surface area (Å²) in [5.41, 5.74) is 0.785. The van der Waals surface area contributed by atoms with Crippen LogP contribution in [-0.4, -0.2) is 16.5 Å². The summed E-state index contributed by atoms with van der Waals surface area (Å²) in [6.07, 6.45) is 0. The highest BCUT2D eigenvalue weighted by Crippen LogP contribution is 2.29. The fourth-order valence-corrected chi connectivity index (χ4v) is 3.06. The molecule has 0 fully saturated rings. The van der Waals surface area contributed by atoms with E-state index in [4.69, 9.17) is 0 Å². The summed E-state index contributed by atoms with van der Waals surface area (Å²) in [7, 11) is 0. The van der Waals surface area contributed by atoms with Gasteiger partial charge < -0.3 is 5.32 Å². The van der Waals surface area contributed by atoms with Crippen LogP contribution in [0.3, 0.4) is 0 Å². The molecule has 0 bridgehead atoms. The van der Waals surface area contributed by atoms with Gasteiger partial charge >= 0.3 is 0 Å². The van der Waals surface area contributed by atoms with E-state index in [1.165, 1.54) is 6.07 Å². The number of anilines is 1. The number of benzene rings is 1. The first-order chi connectivity index (χ1) is 9.69. The van der Waals surface area contributed by atoms with Crippen molar-refractivity contribution in [1.82, 2.24) is 9.97 Å². The fourth-order valence-electron chi connectivity index (χ4n) is 1.92. The lowest BCUT2D eigenvalue weighted by Gasteiger charge is -2.07. The molecule has 20 heavy (non-hydrogen) atoms. The summed E-state index contributed by atoms with van der Waals surface area (Å²) in [4.78, 5) is 10.0. The Bertz CT molecular complexity index is 772. The highest BCUT2D eigenvalue weighted by atomic mass is 79.9. The highest BCUT2D eigenvalue weighted by molar-refractivity contribution is 9.10. The van der Waals surface area contributed by atoms with Gasteiger partial charge in [0.15, 0.2) is 5.82 Å². The minimum atomic E-state index is -0.294. The predicted molar refractivity (Wildman–Crippen MR) is 84.7 cm³/mol. The normalized spacial score (nSPS) is 10.9. The molecule has 6 heteroatoms. The van der Waals surface area contributed by atoms with Gasteiger partial charge in [-0.3, -0.25) is 0 Å². The van der Waals surface area contributed by atoms with Crippen LogP contribution in [0, 0.1) is 5.82 Å². The fraction of sp³-hybridized carbons (Fsp3) is 0.143. The Morgan fingerprint density at radius 3 is 2.90 bits per heavy atom. The van der Waals surface area contributed by atoms with Gasteiger partial charge in [0.05, 0.1) is 9.86 Å². The molecule has 0 unspecified atom stereocenters. The third-order valence-corrected chi connectivity index (χ3v) is 4.26. The predicted octanol–water partition coefficient (Wildman–Crippen LogP) is 4.69. The number of nitrogens with zero attached hydrogens (tertiary/aromatic N) is 2. The van der Waals surface area contributed by atoms with Crippen LogP contribution in [0.5, 0.6) is 0 Å². The first-order valence-electron chi connectivity index (χ1n) is 6.13. The summed E-state index contributed by atoms with van der Waals surface area (Å²) in [6, 6.07) is 6.79. The molecule has 0 atom stereocenters. The van der Waals surface area contributed by atoms with Crippen molar-refractivity contribution in [3.63, 3.8) is 0 Å². The number of hydrogen-bond donors (Lipinski definition) is 1. The standard InChI is InChI=1S/C14H11BrFN3S/c1-2-17-13-9-5-6-20-14(9)19-12(18-13)8-3-4-11(16)10(15)7-8/h3-7H,2H2,1H3,(H,17,18,19). The van der Waals surface area contributed by atoms with Crippen molar-refractivity contribution >= 4 is 43.3 Å². The SMILES string of the molecule is CCNc1nc(-c2ccc(F)c(Br)c2)nc2sccc12. The molecule has 1 aromatic carbocycles. The van der Waals surface area contributed by atoms with Gasteiger partial charge in [0.1, 0.15) is 16.5 Å².